The van der Waals surface area contributed by atoms with Crippen molar-refractivity contribution < 1.29 is 5.11 Å². The maximum atomic E-state index is 8.82. The van der Waals surface area contributed by atoms with Gasteiger partial charge in [0.25, 0.3) is 0 Å². The lowest BCUT2D eigenvalue weighted by molar-refractivity contribution is 0.181. The molecule has 0 spiro atoms. The fraction of sp³-hybridized carbons (Fsp3) is 1.00. The normalized spacial score (nSPS) is 32.7. The summed E-state index contributed by atoms with van der Waals surface area (Å²) in [4.78, 5) is 0. The van der Waals surface area contributed by atoms with Crippen molar-refractivity contribution >= 4 is 24.8 Å². The first kappa shape index (κ1) is 12.2. The summed E-state index contributed by atoms with van der Waals surface area (Å²) in [5.41, 5.74) is 5.47. The Kier molecular flexibility index (Phi) is 7.18. The molecule has 1 aliphatic carbocycles. The molecule has 1 saturated carbocycles. The second-order valence-electron chi connectivity index (χ2n) is 2.23. The van der Waals surface area contributed by atoms with Gasteiger partial charge in [0, 0.05) is 6.04 Å². The number of hydrogen-bond donors (Lipinski definition) is 2. The lowest BCUT2D eigenvalue weighted by Crippen LogP contribution is -2.15. The van der Waals surface area contributed by atoms with Crippen LogP contribution in [-0.4, -0.2) is 17.3 Å². The second-order valence-corrected chi connectivity index (χ2v) is 2.23. The molecule has 0 aromatic heterocycles. The van der Waals surface area contributed by atoms with Crippen LogP contribution < -0.4 is 5.73 Å². The third-order valence-corrected chi connectivity index (χ3v) is 1.45. The largest absolute Gasteiger partial charge is 0.393 e. The van der Waals surface area contributed by atoms with E-state index in [4.69, 9.17) is 10.8 Å². The summed E-state index contributed by atoms with van der Waals surface area (Å²) in [5.74, 6) is 0. The van der Waals surface area contributed by atoms with Crippen molar-refractivity contribution in [2.75, 3.05) is 0 Å². The van der Waals surface area contributed by atoms with Gasteiger partial charge in [-0.1, -0.05) is 0 Å². The van der Waals surface area contributed by atoms with Crippen LogP contribution in [0.4, 0.5) is 0 Å². The van der Waals surface area contributed by atoms with Crippen LogP contribution in [0, 0.1) is 0 Å². The van der Waals surface area contributed by atoms with E-state index in [0.717, 1.165) is 19.3 Å². The molecule has 1 fully saturated rings. The van der Waals surface area contributed by atoms with Gasteiger partial charge in [-0.2, -0.15) is 0 Å². The van der Waals surface area contributed by atoms with Crippen molar-refractivity contribution in [1.29, 1.82) is 0 Å². The number of aliphatic hydroxyl groups is 1. The molecule has 0 saturated heterocycles. The van der Waals surface area contributed by atoms with Crippen LogP contribution in [0.15, 0.2) is 0 Å². The number of aliphatic hydroxyl groups excluding tert-OH is 1. The number of halogens is 2. The van der Waals surface area contributed by atoms with Crippen LogP contribution in [-0.2, 0) is 0 Å². The SMILES string of the molecule is Cl.Cl.N[C@@H]1CC[C@H](O)C1. The third-order valence-electron chi connectivity index (χ3n) is 1.45. The standard InChI is InChI=1S/C5H11NO.2ClH/c6-4-1-2-5(7)3-4;;/h4-5,7H,1-3,6H2;2*1H/t4-,5+;;/m1../s1. The molecule has 0 amide bonds. The van der Waals surface area contributed by atoms with Crippen molar-refractivity contribution in [3.8, 4) is 0 Å². The van der Waals surface area contributed by atoms with Gasteiger partial charge in [0.05, 0.1) is 6.10 Å². The first-order valence-electron chi connectivity index (χ1n) is 2.72. The number of rotatable bonds is 0. The van der Waals surface area contributed by atoms with Gasteiger partial charge in [0.1, 0.15) is 0 Å². The van der Waals surface area contributed by atoms with Gasteiger partial charge >= 0.3 is 0 Å². The molecular formula is C5H13Cl2NO. The molecule has 9 heavy (non-hydrogen) atoms. The van der Waals surface area contributed by atoms with E-state index in [1.807, 2.05) is 0 Å². The summed E-state index contributed by atoms with van der Waals surface area (Å²) in [6.45, 7) is 0. The van der Waals surface area contributed by atoms with E-state index in [9.17, 15) is 0 Å². The van der Waals surface area contributed by atoms with Crippen molar-refractivity contribution in [2.24, 2.45) is 5.73 Å². The lowest BCUT2D eigenvalue weighted by Gasteiger charge is -1.96. The zero-order valence-corrected chi connectivity index (χ0v) is 6.75. The maximum absolute atomic E-state index is 8.82. The van der Waals surface area contributed by atoms with Crippen LogP contribution in [0.1, 0.15) is 19.3 Å². The van der Waals surface area contributed by atoms with Gasteiger partial charge in [-0.15, -0.1) is 24.8 Å². The molecule has 58 valence electrons. The minimum absolute atomic E-state index is 0. The van der Waals surface area contributed by atoms with Crippen molar-refractivity contribution in [3.63, 3.8) is 0 Å². The molecule has 4 heteroatoms. The van der Waals surface area contributed by atoms with Crippen LogP contribution in [0.5, 0.6) is 0 Å². The predicted octanol–water partition coefficient (Wildman–Crippen LogP) is 0.702. The molecule has 0 unspecified atom stereocenters. The van der Waals surface area contributed by atoms with Gasteiger partial charge < -0.3 is 10.8 Å². The fourth-order valence-corrected chi connectivity index (χ4v) is 0.992. The van der Waals surface area contributed by atoms with E-state index in [1.54, 1.807) is 0 Å². The number of hydrogen-bond acceptors (Lipinski definition) is 2. The first-order valence-corrected chi connectivity index (χ1v) is 2.72. The van der Waals surface area contributed by atoms with E-state index in [1.165, 1.54) is 0 Å². The molecule has 2 nitrogen and oxygen atoms in total. The van der Waals surface area contributed by atoms with E-state index in [0.29, 0.717) is 0 Å². The van der Waals surface area contributed by atoms with Gasteiger partial charge in [-0.3, -0.25) is 0 Å². The van der Waals surface area contributed by atoms with Crippen LogP contribution in [0.3, 0.4) is 0 Å². The summed E-state index contributed by atoms with van der Waals surface area (Å²) < 4.78 is 0. The average Bonchev–Trinajstić information content (AvgIpc) is 1.87. The molecule has 0 aromatic carbocycles. The van der Waals surface area contributed by atoms with Crippen LogP contribution in [0.2, 0.25) is 0 Å². The van der Waals surface area contributed by atoms with Crippen molar-refractivity contribution in [2.45, 2.75) is 31.4 Å². The minimum Gasteiger partial charge on any atom is -0.393 e. The Balaban J connectivity index is 0. The van der Waals surface area contributed by atoms with Crippen LogP contribution in [0.25, 0.3) is 0 Å². The Morgan fingerprint density at radius 3 is 1.89 bits per heavy atom. The molecule has 0 radical (unpaired) electrons. The third kappa shape index (κ3) is 3.98. The van der Waals surface area contributed by atoms with E-state index >= 15 is 0 Å². The van der Waals surface area contributed by atoms with Crippen molar-refractivity contribution in [1.82, 2.24) is 0 Å². The Labute approximate surface area is 67.6 Å². The smallest absolute Gasteiger partial charge is 0.0555 e. The maximum Gasteiger partial charge on any atom is 0.0555 e. The highest BCUT2D eigenvalue weighted by Gasteiger charge is 2.18. The van der Waals surface area contributed by atoms with E-state index < -0.39 is 0 Å². The molecule has 0 bridgehead atoms. The predicted molar refractivity (Wildman–Crippen MR) is 42.3 cm³/mol. The minimum atomic E-state index is -0.102. The van der Waals surface area contributed by atoms with Gasteiger partial charge in [-0.05, 0) is 19.3 Å². The highest BCUT2D eigenvalue weighted by Crippen LogP contribution is 2.15. The highest BCUT2D eigenvalue weighted by molar-refractivity contribution is 5.85. The van der Waals surface area contributed by atoms with E-state index in [-0.39, 0.29) is 37.0 Å². The molecule has 2 atom stereocenters. The Hall–Kier alpha value is 0.500. The van der Waals surface area contributed by atoms with Gasteiger partial charge in [0.2, 0.25) is 0 Å². The lowest BCUT2D eigenvalue weighted by atomic mass is 10.3. The fourth-order valence-electron chi connectivity index (χ4n) is 0.992. The molecule has 0 aromatic rings. The molecule has 0 heterocycles. The average molecular weight is 174 g/mol. The highest BCUT2D eigenvalue weighted by atomic mass is 35.5. The molecular weight excluding hydrogens is 161 g/mol. The monoisotopic (exact) mass is 173 g/mol. The van der Waals surface area contributed by atoms with Crippen molar-refractivity contribution in [3.05, 3.63) is 0 Å². The van der Waals surface area contributed by atoms with Gasteiger partial charge in [0.15, 0.2) is 0 Å². The molecule has 1 rings (SSSR count). The Morgan fingerprint density at radius 2 is 1.78 bits per heavy atom. The molecule has 3 N–H and O–H groups in total. The molecule has 0 aliphatic heterocycles. The summed E-state index contributed by atoms with van der Waals surface area (Å²) in [7, 11) is 0. The zero-order chi connectivity index (χ0) is 5.28. The summed E-state index contributed by atoms with van der Waals surface area (Å²) in [5, 5.41) is 8.82. The Bertz CT molecular complexity index is 64.0. The first-order chi connectivity index (χ1) is 3.29. The Morgan fingerprint density at radius 1 is 1.22 bits per heavy atom. The van der Waals surface area contributed by atoms with E-state index in [2.05, 4.69) is 0 Å². The summed E-state index contributed by atoms with van der Waals surface area (Å²) in [6.07, 6.45) is 2.61. The topological polar surface area (TPSA) is 46.2 Å². The van der Waals surface area contributed by atoms with Crippen LogP contribution >= 0.6 is 24.8 Å². The number of nitrogens with two attached hydrogens (primary N) is 1. The second kappa shape index (κ2) is 5.30. The summed E-state index contributed by atoms with van der Waals surface area (Å²) >= 11 is 0. The summed E-state index contributed by atoms with van der Waals surface area (Å²) in [6, 6.07) is 0.273. The molecule has 1 aliphatic rings. The quantitative estimate of drug-likeness (QED) is 0.567. The zero-order valence-electron chi connectivity index (χ0n) is 5.12. The van der Waals surface area contributed by atoms with Gasteiger partial charge in [-0.25, -0.2) is 0 Å².